The molecular weight excluding hydrogens is 548 g/mol. The Morgan fingerprint density at radius 1 is 0.829 bits per heavy atom. The Bertz CT molecular complexity index is 1680. The third-order valence-electron chi connectivity index (χ3n) is 6.89. The van der Waals surface area contributed by atoms with Gasteiger partial charge in [-0.05, 0) is 55.0 Å². The summed E-state index contributed by atoms with van der Waals surface area (Å²) in [6.45, 7) is 7.57. The summed E-state index contributed by atoms with van der Waals surface area (Å²) in [5.41, 5.74) is 4.32. The van der Waals surface area contributed by atoms with Crippen molar-refractivity contribution in [3.05, 3.63) is 72.3 Å². The van der Waals surface area contributed by atoms with Crippen LogP contribution in [-0.2, 0) is 37.5 Å². The van der Waals surface area contributed by atoms with Crippen LogP contribution in [0.4, 0.5) is 5.69 Å². The molecule has 3 N–H and O–H groups in total. The predicted molar refractivity (Wildman–Crippen MR) is 155 cm³/mol. The topological polar surface area (TPSA) is 149 Å². The van der Waals surface area contributed by atoms with Gasteiger partial charge in [-0.25, -0.2) is 18.0 Å². The van der Waals surface area contributed by atoms with E-state index >= 15 is 0 Å². The third kappa shape index (κ3) is 6.73. The lowest BCUT2D eigenvalue weighted by atomic mass is 10.1. The van der Waals surface area contributed by atoms with Crippen LogP contribution in [0.15, 0.2) is 71.6 Å². The lowest BCUT2D eigenvalue weighted by molar-refractivity contribution is -0.159. The highest BCUT2D eigenvalue weighted by molar-refractivity contribution is 7.89. The van der Waals surface area contributed by atoms with E-state index in [1.807, 2.05) is 0 Å². The van der Waals surface area contributed by atoms with Crippen molar-refractivity contribution in [1.29, 1.82) is 0 Å². The number of carbonyl (C=O) groups excluding carboxylic acids is 1. The van der Waals surface area contributed by atoms with E-state index in [2.05, 4.69) is 64.2 Å². The lowest BCUT2D eigenvalue weighted by Gasteiger charge is -2.34. The molecule has 1 fully saturated rings. The zero-order chi connectivity index (χ0) is 29.7. The first-order valence-electron chi connectivity index (χ1n) is 13.1. The monoisotopic (exact) mass is 580 g/mol. The van der Waals surface area contributed by atoms with Crippen LogP contribution in [-0.4, -0.2) is 76.4 Å². The first-order valence-corrected chi connectivity index (χ1v) is 14.5. The summed E-state index contributed by atoms with van der Waals surface area (Å²) in [5.74, 6) is -3.84. The Morgan fingerprint density at radius 3 is 2.02 bits per heavy atom. The number of hydrogen-bond donors (Lipinski definition) is 3. The fraction of sp³-hybridized carbons (Fsp3) is 0.276. The van der Waals surface area contributed by atoms with Gasteiger partial charge in [-0.1, -0.05) is 24.3 Å². The van der Waals surface area contributed by atoms with E-state index in [1.165, 1.54) is 34.3 Å². The van der Waals surface area contributed by atoms with Crippen molar-refractivity contribution in [3.63, 3.8) is 0 Å². The van der Waals surface area contributed by atoms with Crippen molar-refractivity contribution >= 4 is 55.4 Å². The number of sulfonamides is 1. The maximum Gasteiger partial charge on any atom is 0.414 e. The number of para-hydroxylation sites is 1. The van der Waals surface area contributed by atoms with Gasteiger partial charge in [0, 0.05) is 73.7 Å². The van der Waals surface area contributed by atoms with Crippen LogP contribution in [0.25, 0.3) is 21.8 Å². The molecule has 0 unspecified atom stereocenters. The third-order valence-corrected chi connectivity index (χ3v) is 8.80. The minimum atomic E-state index is -3.57. The summed E-state index contributed by atoms with van der Waals surface area (Å²) in [4.78, 5) is 32.0. The van der Waals surface area contributed by atoms with Crippen LogP contribution in [0.5, 0.6) is 0 Å². The standard InChI is InChI=1S/C27H30N4O3S.C2H2O4/c1-3-31-26-7-5-4-6-24(26)25-18-21(8-13-27(25)31)19-29-14-16-30(17-15-29)35(33,34)23-11-9-22(10-12-23)28-20(2)32;3-1(4)2(5)6/h4-13,18H,3,14-17,19H2,1-2H3,(H,28,32);(H,3,4)(H,5,6). The molecule has 5 rings (SSSR count). The number of piperazine rings is 1. The number of nitrogens with one attached hydrogen (secondary N) is 1. The van der Waals surface area contributed by atoms with Crippen LogP contribution < -0.4 is 5.32 Å². The number of carboxylic acid groups (broad SMARTS) is 2. The summed E-state index contributed by atoms with van der Waals surface area (Å²) in [6, 6.07) is 21.5. The lowest BCUT2D eigenvalue weighted by Crippen LogP contribution is -2.48. The minimum Gasteiger partial charge on any atom is -0.473 e. The van der Waals surface area contributed by atoms with Crippen molar-refractivity contribution in [2.45, 2.75) is 31.8 Å². The Hall–Kier alpha value is -4.26. The summed E-state index contributed by atoms with van der Waals surface area (Å²) in [7, 11) is -3.57. The highest BCUT2D eigenvalue weighted by Gasteiger charge is 2.28. The van der Waals surface area contributed by atoms with Gasteiger partial charge in [0.2, 0.25) is 15.9 Å². The van der Waals surface area contributed by atoms with Gasteiger partial charge in [0.05, 0.1) is 4.90 Å². The number of fused-ring (bicyclic) bond motifs is 3. The minimum absolute atomic E-state index is 0.188. The summed E-state index contributed by atoms with van der Waals surface area (Å²) in [5, 5.41) is 20.0. The van der Waals surface area contributed by atoms with Crippen molar-refractivity contribution in [1.82, 2.24) is 13.8 Å². The molecule has 1 amide bonds. The smallest absolute Gasteiger partial charge is 0.414 e. The summed E-state index contributed by atoms with van der Waals surface area (Å²) in [6.07, 6.45) is 0. The molecule has 11 nitrogen and oxygen atoms in total. The molecule has 1 aliphatic heterocycles. The van der Waals surface area contributed by atoms with Crippen molar-refractivity contribution in [2.24, 2.45) is 0 Å². The molecule has 12 heteroatoms. The average Bonchev–Trinajstić information content (AvgIpc) is 3.26. The van der Waals surface area contributed by atoms with E-state index in [-0.39, 0.29) is 10.8 Å². The van der Waals surface area contributed by atoms with Crippen LogP contribution in [0.2, 0.25) is 0 Å². The van der Waals surface area contributed by atoms with Crippen molar-refractivity contribution in [2.75, 3.05) is 31.5 Å². The number of aliphatic carboxylic acids is 2. The van der Waals surface area contributed by atoms with Crippen LogP contribution >= 0.6 is 0 Å². The van der Waals surface area contributed by atoms with Crippen LogP contribution in [0, 0.1) is 0 Å². The molecule has 0 atom stereocenters. The maximum atomic E-state index is 13.1. The van der Waals surface area contributed by atoms with Crippen molar-refractivity contribution in [3.8, 4) is 0 Å². The summed E-state index contributed by atoms with van der Waals surface area (Å²) < 4.78 is 30.1. The molecule has 3 aromatic carbocycles. The number of benzene rings is 3. The number of aryl methyl sites for hydroxylation is 1. The van der Waals surface area contributed by atoms with E-state index in [4.69, 9.17) is 19.8 Å². The number of aromatic nitrogens is 1. The molecule has 0 bridgehead atoms. The van der Waals surface area contributed by atoms with Gasteiger partial charge in [0.15, 0.2) is 0 Å². The van der Waals surface area contributed by atoms with E-state index in [0.29, 0.717) is 31.9 Å². The van der Waals surface area contributed by atoms with E-state index in [0.717, 1.165) is 13.1 Å². The van der Waals surface area contributed by atoms with E-state index in [9.17, 15) is 13.2 Å². The normalized spacial score (nSPS) is 14.4. The number of carbonyl (C=O) groups is 3. The van der Waals surface area contributed by atoms with E-state index < -0.39 is 22.0 Å². The number of anilines is 1. The molecule has 2 heterocycles. The highest BCUT2D eigenvalue weighted by atomic mass is 32.2. The number of carboxylic acids is 2. The Morgan fingerprint density at radius 2 is 1.44 bits per heavy atom. The zero-order valence-electron chi connectivity index (χ0n) is 22.8. The molecule has 0 aliphatic carbocycles. The molecule has 0 spiro atoms. The molecule has 0 radical (unpaired) electrons. The number of nitrogens with zero attached hydrogens (tertiary/aromatic N) is 3. The second-order valence-corrected chi connectivity index (χ2v) is 11.5. The van der Waals surface area contributed by atoms with Gasteiger partial charge in [0.25, 0.3) is 0 Å². The molecule has 41 heavy (non-hydrogen) atoms. The van der Waals surface area contributed by atoms with Crippen LogP contribution in [0.1, 0.15) is 19.4 Å². The first kappa shape index (κ1) is 29.7. The number of rotatable bonds is 6. The van der Waals surface area contributed by atoms with Gasteiger partial charge in [-0.3, -0.25) is 9.69 Å². The number of hydrogen-bond acceptors (Lipinski definition) is 6. The highest BCUT2D eigenvalue weighted by Crippen LogP contribution is 2.30. The predicted octanol–water partition coefficient (Wildman–Crippen LogP) is 3.43. The number of amides is 1. The Labute approximate surface area is 237 Å². The molecule has 1 aromatic heterocycles. The largest absolute Gasteiger partial charge is 0.473 e. The fourth-order valence-corrected chi connectivity index (χ4v) is 6.41. The molecule has 4 aromatic rings. The average molecular weight is 581 g/mol. The van der Waals surface area contributed by atoms with Gasteiger partial charge in [-0.15, -0.1) is 0 Å². The SMILES string of the molecule is CCn1c2ccccc2c2cc(CN3CCN(S(=O)(=O)c4ccc(NC(C)=O)cc4)CC3)ccc21.O=C(O)C(=O)O. The quantitative estimate of drug-likeness (QED) is 0.294. The fourth-order valence-electron chi connectivity index (χ4n) is 4.99. The van der Waals surface area contributed by atoms with Crippen molar-refractivity contribution < 1.29 is 33.0 Å². The molecule has 1 saturated heterocycles. The van der Waals surface area contributed by atoms with Gasteiger partial charge < -0.3 is 20.1 Å². The zero-order valence-corrected chi connectivity index (χ0v) is 23.6. The Kier molecular flexibility index (Phi) is 9.06. The van der Waals surface area contributed by atoms with E-state index in [1.54, 1.807) is 28.6 Å². The van der Waals surface area contributed by atoms with Gasteiger partial charge in [-0.2, -0.15) is 4.31 Å². The molecule has 216 valence electrons. The molecule has 0 saturated carbocycles. The van der Waals surface area contributed by atoms with Gasteiger partial charge in [0.1, 0.15) is 0 Å². The van der Waals surface area contributed by atoms with Crippen LogP contribution in [0.3, 0.4) is 0 Å². The summed E-state index contributed by atoms with van der Waals surface area (Å²) >= 11 is 0. The molecule has 1 aliphatic rings. The second-order valence-electron chi connectivity index (χ2n) is 9.61. The maximum absolute atomic E-state index is 13.1. The Balaban J connectivity index is 0.000000585. The second kappa shape index (κ2) is 12.5. The first-order chi connectivity index (χ1) is 19.5. The van der Waals surface area contributed by atoms with Gasteiger partial charge >= 0.3 is 11.9 Å². The molecular formula is C29H32N4O7S.